The molecule has 0 fully saturated rings. The van der Waals surface area contributed by atoms with E-state index >= 15 is 0 Å². The summed E-state index contributed by atoms with van der Waals surface area (Å²) in [6, 6.07) is 35.4. The van der Waals surface area contributed by atoms with Gasteiger partial charge < -0.3 is 0 Å². The van der Waals surface area contributed by atoms with Crippen molar-refractivity contribution in [1.82, 2.24) is 0 Å². The summed E-state index contributed by atoms with van der Waals surface area (Å²) in [5.41, 5.74) is 10.6. The van der Waals surface area contributed by atoms with E-state index in [1.165, 1.54) is 44.5 Å². The maximum Gasteiger partial charge on any atom is -0.00266 e. The van der Waals surface area contributed by atoms with Crippen LogP contribution < -0.4 is 0 Å². The van der Waals surface area contributed by atoms with Crippen LogP contribution in [0, 0.1) is 0 Å². The first-order chi connectivity index (χ1) is 15.2. The molecular weight excluding hydrogens is 384 g/mol. The zero-order valence-electron chi connectivity index (χ0n) is 20.2. The van der Waals surface area contributed by atoms with Gasteiger partial charge in [-0.2, -0.15) is 0 Å². The maximum atomic E-state index is 2.30. The van der Waals surface area contributed by atoms with Crippen LogP contribution in [0.1, 0.15) is 52.7 Å². The minimum atomic E-state index is 0.0594. The molecular formula is C32H34. The summed E-state index contributed by atoms with van der Waals surface area (Å²) >= 11 is 0. The van der Waals surface area contributed by atoms with Gasteiger partial charge in [0.1, 0.15) is 0 Å². The fraction of sp³-hybridized carbons (Fsp3) is 0.250. The van der Waals surface area contributed by atoms with Crippen molar-refractivity contribution in [3.05, 3.63) is 108 Å². The molecule has 4 aromatic carbocycles. The maximum absolute atomic E-state index is 2.30. The molecule has 0 aromatic heterocycles. The van der Waals surface area contributed by atoms with E-state index in [0.29, 0.717) is 0 Å². The predicted molar refractivity (Wildman–Crippen MR) is 140 cm³/mol. The van der Waals surface area contributed by atoms with Crippen molar-refractivity contribution in [2.75, 3.05) is 0 Å². The number of hydrogen-bond acceptors (Lipinski definition) is 0. The topological polar surface area (TPSA) is 0 Å². The third kappa shape index (κ3) is 4.28. The van der Waals surface area contributed by atoms with Gasteiger partial charge in [0.2, 0.25) is 0 Å². The normalized spacial score (nSPS) is 12.1. The molecule has 0 unspecified atom stereocenters. The van der Waals surface area contributed by atoms with Crippen LogP contribution in [0.5, 0.6) is 0 Å². The highest BCUT2D eigenvalue weighted by Gasteiger charge is 2.24. The molecule has 0 radical (unpaired) electrons. The van der Waals surface area contributed by atoms with Crippen LogP contribution in [0.2, 0.25) is 0 Å². The highest BCUT2D eigenvalue weighted by atomic mass is 14.3. The Morgan fingerprint density at radius 2 is 0.750 bits per heavy atom. The molecule has 0 aliphatic carbocycles. The molecule has 162 valence electrons. The quantitative estimate of drug-likeness (QED) is 0.311. The Kier molecular flexibility index (Phi) is 5.82. The van der Waals surface area contributed by atoms with E-state index in [2.05, 4.69) is 139 Å². The zero-order chi connectivity index (χ0) is 22.9. The highest BCUT2D eigenvalue weighted by molar-refractivity contribution is 5.96. The average Bonchev–Trinajstić information content (AvgIpc) is 2.78. The summed E-state index contributed by atoms with van der Waals surface area (Å²) < 4.78 is 0. The summed E-state index contributed by atoms with van der Waals surface area (Å²) in [5.74, 6) is 0. The van der Waals surface area contributed by atoms with Crippen molar-refractivity contribution in [2.45, 2.75) is 52.4 Å². The third-order valence-electron chi connectivity index (χ3n) is 6.18. The second-order valence-electron chi connectivity index (χ2n) is 10.7. The number of hydrogen-bond donors (Lipinski definition) is 0. The molecule has 0 aliphatic heterocycles. The van der Waals surface area contributed by atoms with E-state index in [4.69, 9.17) is 0 Å². The Labute approximate surface area is 194 Å². The Morgan fingerprint density at radius 3 is 1.19 bits per heavy atom. The first kappa shape index (κ1) is 22.1. The Bertz CT molecular complexity index is 1140. The smallest absolute Gasteiger partial charge is 0.00266 e. The molecule has 0 spiro atoms. The fourth-order valence-corrected chi connectivity index (χ4v) is 4.66. The van der Waals surface area contributed by atoms with Crippen molar-refractivity contribution in [1.29, 1.82) is 0 Å². The largest absolute Gasteiger partial charge is 0.0622 e. The van der Waals surface area contributed by atoms with Gasteiger partial charge in [-0.3, -0.25) is 0 Å². The first-order valence-corrected chi connectivity index (χ1v) is 11.6. The van der Waals surface area contributed by atoms with Crippen LogP contribution in [0.3, 0.4) is 0 Å². The van der Waals surface area contributed by atoms with Gasteiger partial charge in [0.25, 0.3) is 0 Å². The van der Waals surface area contributed by atoms with Gasteiger partial charge in [-0.25, -0.2) is 0 Å². The standard InChI is InChI=1S/C32H34/c1-31(2,3)28-21-12-10-17-24(28)26-19-14-20-27(30(26)23-15-8-7-9-16-23)25-18-11-13-22-29(25)32(4,5)6/h7-22H,1-6H3. The lowest BCUT2D eigenvalue weighted by Crippen LogP contribution is -2.13. The lowest BCUT2D eigenvalue weighted by Gasteiger charge is -2.27. The molecule has 4 aromatic rings. The van der Waals surface area contributed by atoms with Crippen molar-refractivity contribution in [3.63, 3.8) is 0 Å². The second-order valence-corrected chi connectivity index (χ2v) is 10.7. The molecule has 0 heterocycles. The molecule has 0 saturated heterocycles. The third-order valence-corrected chi connectivity index (χ3v) is 6.18. The van der Waals surface area contributed by atoms with Crippen molar-refractivity contribution in [2.24, 2.45) is 0 Å². The lowest BCUT2D eigenvalue weighted by molar-refractivity contribution is 0.592. The predicted octanol–water partition coefficient (Wildman–Crippen LogP) is 9.28. The van der Waals surface area contributed by atoms with Gasteiger partial charge in [-0.05, 0) is 55.3 Å². The molecule has 0 N–H and O–H groups in total. The summed E-state index contributed by atoms with van der Waals surface area (Å²) in [4.78, 5) is 0. The average molecular weight is 419 g/mol. The Morgan fingerprint density at radius 1 is 0.375 bits per heavy atom. The molecule has 4 rings (SSSR count). The zero-order valence-corrected chi connectivity index (χ0v) is 20.2. The van der Waals surface area contributed by atoms with E-state index in [0.717, 1.165) is 0 Å². The SMILES string of the molecule is CC(C)(C)c1ccccc1-c1cccc(-c2ccccc2C(C)(C)C)c1-c1ccccc1. The van der Waals surface area contributed by atoms with Crippen LogP contribution in [-0.4, -0.2) is 0 Å². The van der Waals surface area contributed by atoms with Crippen molar-refractivity contribution in [3.8, 4) is 33.4 Å². The van der Waals surface area contributed by atoms with E-state index in [9.17, 15) is 0 Å². The molecule has 0 atom stereocenters. The Hall–Kier alpha value is -3.12. The Balaban J connectivity index is 2.10. The van der Waals surface area contributed by atoms with E-state index in [-0.39, 0.29) is 10.8 Å². The number of rotatable bonds is 3. The molecule has 0 bridgehead atoms. The summed E-state index contributed by atoms with van der Waals surface area (Å²) in [7, 11) is 0. The van der Waals surface area contributed by atoms with Gasteiger partial charge in [0.15, 0.2) is 0 Å². The van der Waals surface area contributed by atoms with Crippen LogP contribution >= 0.6 is 0 Å². The van der Waals surface area contributed by atoms with Gasteiger partial charge >= 0.3 is 0 Å². The minimum absolute atomic E-state index is 0.0594. The molecule has 0 amide bonds. The fourth-order valence-electron chi connectivity index (χ4n) is 4.66. The summed E-state index contributed by atoms with van der Waals surface area (Å²) in [6.07, 6.45) is 0. The second kappa shape index (κ2) is 8.43. The highest BCUT2D eigenvalue weighted by Crippen LogP contribution is 2.45. The van der Waals surface area contributed by atoms with Gasteiger partial charge in [-0.1, -0.05) is 139 Å². The van der Waals surface area contributed by atoms with Crippen LogP contribution in [-0.2, 0) is 10.8 Å². The van der Waals surface area contributed by atoms with E-state index in [1.54, 1.807) is 0 Å². The molecule has 32 heavy (non-hydrogen) atoms. The molecule has 0 aliphatic rings. The first-order valence-electron chi connectivity index (χ1n) is 11.6. The van der Waals surface area contributed by atoms with Gasteiger partial charge in [-0.15, -0.1) is 0 Å². The van der Waals surface area contributed by atoms with Gasteiger partial charge in [0, 0.05) is 0 Å². The molecule has 0 heteroatoms. The molecule has 0 saturated carbocycles. The lowest BCUT2D eigenvalue weighted by atomic mass is 9.77. The van der Waals surface area contributed by atoms with Crippen LogP contribution in [0.25, 0.3) is 33.4 Å². The molecule has 0 nitrogen and oxygen atoms in total. The van der Waals surface area contributed by atoms with Crippen LogP contribution in [0.4, 0.5) is 0 Å². The van der Waals surface area contributed by atoms with Crippen molar-refractivity contribution < 1.29 is 0 Å². The van der Waals surface area contributed by atoms with Crippen molar-refractivity contribution >= 4 is 0 Å². The number of benzene rings is 4. The van der Waals surface area contributed by atoms with Crippen LogP contribution in [0.15, 0.2) is 97.1 Å². The minimum Gasteiger partial charge on any atom is -0.0622 e. The van der Waals surface area contributed by atoms with Gasteiger partial charge in [0.05, 0.1) is 0 Å². The summed E-state index contributed by atoms with van der Waals surface area (Å²) in [6.45, 7) is 13.8. The van der Waals surface area contributed by atoms with E-state index < -0.39 is 0 Å². The monoisotopic (exact) mass is 418 g/mol. The van der Waals surface area contributed by atoms with E-state index in [1.807, 2.05) is 0 Å². The summed E-state index contributed by atoms with van der Waals surface area (Å²) in [5, 5.41) is 0.